The molecule has 0 saturated heterocycles. The highest BCUT2D eigenvalue weighted by molar-refractivity contribution is 6.32. The lowest BCUT2D eigenvalue weighted by molar-refractivity contribution is -0.119. The first-order valence-corrected chi connectivity index (χ1v) is 11.8. The lowest BCUT2D eigenvalue weighted by atomic mass is 9.77. The fourth-order valence-corrected chi connectivity index (χ4v) is 4.81. The molecule has 4 heterocycles. The Balaban J connectivity index is 1.46. The number of aromatic hydroxyl groups is 1. The SMILES string of the molecule is C[C@]1(c2ccc(Cl)c(O)c2)C(=O)Nc2nc(-c3cn4ccnc4c(Cc4ccc(F)cc4F)n3)nc(N)c21. The monoisotopic (exact) mass is 533 g/mol. The van der Waals surface area contributed by atoms with Crippen LogP contribution in [0.2, 0.25) is 5.02 Å². The van der Waals surface area contributed by atoms with E-state index in [9.17, 15) is 18.7 Å². The minimum Gasteiger partial charge on any atom is -0.506 e. The van der Waals surface area contributed by atoms with Gasteiger partial charge in [0, 0.05) is 31.1 Å². The van der Waals surface area contributed by atoms with Crippen LogP contribution in [-0.4, -0.2) is 35.4 Å². The quantitative estimate of drug-likeness (QED) is 0.314. The molecule has 0 aliphatic carbocycles. The minimum atomic E-state index is -1.28. The number of aromatic nitrogens is 5. The van der Waals surface area contributed by atoms with Crippen LogP contribution in [0.5, 0.6) is 5.75 Å². The average molecular weight is 534 g/mol. The predicted octanol–water partition coefficient (Wildman–Crippen LogP) is 4.25. The molecule has 0 saturated carbocycles. The third-order valence-corrected chi connectivity index (χ3v) is 7.01. The molecule has 12 heteroatoms. The van der Waals surface area contributed by atoms with Gasteiger partial charge in [0.1, 0.15) is 40.1 Å². The maximum Gasteiger partial charge on any atom is 0.240 e. The minimum absolute atomic E-state index is 0.0375. The van der Waals surface area contributed by atoms with Crippen molar-refractivity contribution < 1.29 is 18.7 Å². The second kappa shape index (κ2) is 8.45. The number of rotatable bonds is 4. The molecule has 2 aromatic carbocycles. The number of carbonyl (C=O) groups excluding carboxylic acids is 1. The van der Waals surface area contributed by atoms with Crippen LogP contribution in [0.1, 0.15) is 29.3 Å². The van der Waals surface area contributed by atoms with Crippen LogP contribution in [0.3, 0.4) is 0 Å². The van der Waals surface area contributed by atoms with E-state index in [1.807, 2.05) is 0 Å². The summed E-state index contributed by atoms with van der Waals surface area (Å²) in [5.41, 5.74) is 7.33. The molecule has 1 amide bonds. The number of phenols is 1. The molecule has 38 heavy (non-hydrogen) atoms. The van der Waals surface area contributed by atoms with E-state index in [-0.39, 0.29) is 40.2 Å². The Labute approximate surface area is 219 Å². The second-order valence-corrected chi connectivity index (χ2v) is 9.45. The summed E-state index contributed by atoms with van der Waals surface area (Å²) < 4.78 is 29.5. The first-order chi connectivity index (χ1) is 18.1. The van der Waals surface area contributed by atoms with E-state index in [1.165, 1.54) is 24.3 Å². The molecule has 0 bridgehead atoms. The Morgan fingerprint density at radius 2 is 1.97 bits per heavy atom. The molecule has 1 aliphatic rings. The fourth-order valence-electron chi connectivity index (χ4n) is 4.69. The van der Waals surface area contributed by atoms with Crippen molar-refractivity contribution >= 4 is 34.8 Å². The Morgan fingerprint density at radius 3 is 2.74 bits per heavy atom. The maximum absolute atomic E-state index is 14.4. The summed E-state index contributed by atoms with van der Waals surface area (Å²) in [6, 6.07) is 7.86. The predicted molar refractivity (Wildman–Crippen MR) is 136 cm³/mol. The van der Waals surface area contributed by atoms with Gasteiger partial charge in [0.05, 0.1) is 16.3 Å². The third-order valence-electron chi connectivity index (χ3n) is 6.69. The van der Waals surface area contributed by atoms with E-state index in [1.54, 1.807) is 36.0 Å². The van der Waals surface area contributed by atoms with Gasteiger partial charge in [-0.25, -0.2) is 28.7 Å². The Morgan fingerprint density at radius 1 is 1.16 bits per heavy atom. The summed E-state index contributed by atoms with van der Waals surface area (Å²) in [5.74, 6) is -1.59. The number of nitrogens with two attached hydrogens (primary N) is 1. The van der Waals surface area contributed by atoms with Gasteiger partial charge < -0.3 is 20.6 Å². The molecule has 0 radical (unpaired) electrons. The molecule has 6 rings (SSSR count). The number of imidazole rings is 1. The lowest BCUT2D eigenvalue weighted by Gasteiger charge is -2.23. The molecule has 0 spiro atoms. The van der Waals surface area contributed by atoms with E-state index < -0.39 is 23.0 Å². The van der Waals surface area contributed by atoms with E-state index >= 15 is 0 Å². The van der Waals surface area contributed by atoms with Crippen LogP contribution in [0.4, 0.5) is 20.4 Å². The van der Waals surface area contributed by atoms with E-state index in [0.29, 0.717) is 28.2 Å². The van der Waals surface area contributed by atoms with Crippen LogP contribution in [0, 0.1) is 11.6 Å². The number of hydrogen-bond donors (Lipinski definition) is 3. The van der Waals surface area contributed by atoms with Crippen LogP contribution < -0.4 is 11.1 Å². The Kier molecular flexibility index (Phi) is 5.28. The number of carbonyl (C=O) groups is 1. The van der Waals surface area contributed by atoms with E-state index in [2.05, 4.69) is 25.3 Å². The standard InChI is InChI=1S/C26H18ClF2N7O2/c1-26(13-3-5-15(27)19(37)9-13)20-21(30)33-22(34-23(20)35-25(26)38)18-11-36-7-6-31-24(36)17(32-18)8-12-2-4-14(28)10-16(12)29/h2-7,9-11,37H,8H2,1H3,(H3,30,33,34,35,38)/t26-/m1/s1. The highest BCUT2D eigenvalue weighted by atomic mass is 35.5. The van der Waals surface area contributed by atoms with Crippen LogP contribution in [0.25, 0.3) is 17.2 Å². The van der Waals surface area contributed by atoms with Crippen LogP contribution in [-0.2, 0) is 16.6 Å². The Hall–Kier alpha value is -4.64. The molecular weight excluding hydrogens is 516 g/mol. The number of fused-ring (bicyclic) bond motifs is 2. The number of nitrogens with zero attached hydrogens (tertiary/aromatic N) is 5. The molecule has 3 aromatic heterocycles. The number of benzene rings is 2. The first-order valence-electron chi connectivity index (χ1n) is 11.4. The smallest absolute Gasteiger partial charge is 0.240 e. The van der Waals surface area contributed by atoms with Crippen LogP contribution >= 0.6 is 11.6 Å². The van der Waals surface area contributed by atoms with Crippen molar-refractivity contribution in [3.05, 3.63) is 94.0 Å². The number of amides is 1. The van der Waals surface area contributed by atoms with Crippen molar-refractivity contribution in [2.24, 2.45) is 0 Å². The summed E-state index contributed by atoms with van der Waals surface area (Å²) in [6.45, 7) is 1.65. The summed E-state index contributed by atoms with van der Waals surface area (Å²) in [6.07, 6.45) is 4.93. The number of halogens is 3. The van der Waals surface area contributed by atoms with Gasteiger partial charge >= 0.3 is 0 Å². The number of nitrogens with one attached hydrogen (secondary N) is 1. The molecule has 190 valence electrons. The highest BCUT2D eigenvalue weighted by Gasteiger charge is 2.47. The van der Waals surface area contributed by atoms with Gasteiger partial charge in [-0.2, -0.15) is 0 Å². The van der Waals surface area contributed by atoms with Gasteiger partial charge in [-0.15, -0.1) is 0 Å². The highest BCUT2D eigenvalue weighted by Crippen LogP contribution is 2.46. The zero-order valence-electron chi connectivity index (χ0n) is 19.7. The van der Waals surface area contributed by atoms with Crippen molar-refractivity contribution in [3.63, 3.8) is 0 Å². The van der Waals surface area contributed by atoms with Gasteiger partial charge in [-0.3, -0.25) is 4.79 Å². The maximum atomic E-state index is 14.4. The summed E-state index contributed by atoms with van der Waals surface area (Å²) in [4.78, 5) is 31.1. The number of hydrogen-bond acceptors (Lipinski definition) is 7. The second-order valence-electron chi connectivity index (χ2n) is 9.04. The van der Waals surface area contributed by atoms with Crippen molar-refractivity contribution in [2.45, 2.75) is 18.8 Å². The normalized spacial score (nSPS) is 16.6. The summed E-state index contributed by atoms with van der Waals surface area (Å²) in [5, 5.41) is 13.0. The van der Waals surface area contributed by atoms with Crippen molar-refractivity contribution in [1.82, 2.24) is 24.3 Å². The van der Waals surface area contributed by atoms with Crippen molar-refractivity contribution in [2.75, 3.05) is 11.1 Å². The van der Waals surface area contributed by atoms with Crippen molar-refractivity contribution in [1.29, 1.82) is 0 Å². The zero-order valence-corrected chi connectivity index (χ0v) is 20.5. The van der Waals surface area contributed by atoms with Gasteiger partial charge in [-0.1, -0.05) is 23.7 Å². The third kappa shape index (κ3) is 3.62. The van der Waals surface area contributed by atoms with E-state index in [0.717, 1.165) is 6.07 Å². The largest absolute Gasteiger partial charge is 0.506 e. The lowest BCUT2D eigenvalue weighted by Crippen LogP contribution is -2.32. The fraction of sp³-hybridized carbons (Fsp3) is 0.115. The molecule has 1 atom stereocenters. The van der Waals surface area contributed by atoms with Gasteiger partial charge in [0.2, 0.25) is 5.91 Å². The average Bonchev–Trinajstić information content (AvgIpc) is 3.45. The number of anilines is 2. The number of nitrogen functional groups attached to an aromatic ring is 1. The van der Waals surface area contributed by atoms with Gasteiger partial charge in [0.15, 0.2) is 11.5 Å². The van der Waals surface area contributed by atoms with E-state index in [4.69, 9.17) is 17.3 Å². The molecule has 1 aliphatic heterocycles. The zero-order chi connectivity index (χ0) is 26.8. The molecule has 5 aromatic rings. The summed E-state index contributed by atoms with van der Waals surface area (Å²) in [7, 11) is 0. The van der Waals surface area contributed by atoms with Crippen molar-refractivity contribution in [3.8, 4) is 17.3 Å². The molecule has 0 fully saturated rings. The molecular formula is C26H18ClF2N7O2. The van der Waals surface area contributed by atoms with Crippen LogP contribution in [0.15, 0.2) is 55.0 Å². The summed E-state index contributed by atoms with van der Waals surface area (Å²) >= 11 is 5.95. The molecule has 9 nitrogen and oxygen atoms in total. The van der Waals surface area contributed by atoms with Gasteiger partial charge in [-0.05, 0) is 36.2 Å². The van der Waals surface area contributed by atoms with Gasteiger partial charge in [0.25, 0.3) is 0 Å². The Bertz CT molecular complexity index is 1790. The molecule has 4 N–H and O–H groups in total. The first kappa shape index (κ1) is 23.7. The molecule has 0 unspecified atom stereocenters. The topological polar surface area (TPSA) is 131 Å². The number of phenolic OH excluding ortho intramolecular Hbond substituents is 1.